The molecule has 0 unspecified atom stereocenters. The molecule has 74 valence electrons. The van der Waals surface area contributed by atoms with Crippen molar-refractivity contribution in [2.75, 3.05) is 5.33 Å². The molecule has 1 aromatic heterocycles. The molecule has 0 amide bonds. The van der Waals surface area contributed by atoms with E-state index in [0.29, 0.717) is 11.8 Å². The van der Waals surface area contributed by atoms with Crippen LogP contribution in [-0.4, -0.2) is 16.6 Å². The van der Waals surface area contributed by atoms with Gasteiger partial charge in [0.05, 0.1) is 5.56 Å². The van der Waals surface area contributed by atoms with Gasteiger partial charge in [-0.3, -0.25) is 4.79 Å². The third-order valence-corrected chi connectivity index (χ3v) is 2.12. The van der Waals surface area contributed by atoms with Crippen LogP contribution in [0.15, 0.2) is 18.3 Å². The fourth-order valence-electron chi connectivity index (χ4n) is 0.997. The number of pyridine rings is 1. The van der Waals surface area contributed by atoms with Crippen molar-refractivity contribution in [1.29, 1.82) is 0 Å². The normalized spacial score (nSPS) is 10.7. The lowest BCUT2D eigenvalue weighted by molar-refractivity contribution is 0.111. The molecule has 1 heterocycles. The summed E-state index contributed by atoms with van der Waals surface area (Å²) in [5.74, 6) is -0.721. The van der Waals surface area contributed by atoms with Gasteiger partial charge < -0.3 is 0 Å². The SMILES string of the molecule is O=Cc1c(C=CCCBr)ccnc1F. The standard InChI is InChI=1S/C10H9BrFNO/c11-5-2-1-3-8-4-6-13-10(12)9(8)7-14/h1,3-4,6-7H,2,5H2. The average molecular weight is 258 g/mol. The quantitative estimate of drug-likeness (QED) is 0.472. The molecule has 0 radical (unpaired) electrons. The zero-order valence-electron chi connectivity index (χ0n) is 7.41. The number of halogens is 2. The van der Waals surface area contributed by atoms with Crippen LogP contribution in [0.2, 0.25) is 0 Å². The van der Waals surface area contributed by atoms with E-state index in [1.807, 2.05) is 6.08 Å². The van der Waals surface area contributed by atoms with E-state index in [1.165, 1.54) is 6.20 Å². The van der Waals surface area contributed by atoms with Gasteiger partial charge in [-0.1, -0.05) is 28.1 Å². The molecule has 0 atom stereocenters. The Labute approximate surface area is 90.0 Å². The first-order valence-corrected chi connectivity index (χ1v) is 5.24. The third kappa shape index (κ3) is 2.73. The van der Waals surface area contributed by atoms with Gasteiger partial charge >= 0.3 is 0 Å². The van der Waals surface area contributed by atoms with Crippen LogP contribution in [0.3, 0.4) is 0 Å². The number of rotatable bonds is 4. The lowest BCUT2D eigenvalue weighted by Gasteiger charge is -1.98. The molecular formula is C10H9BrFNO. The average Bonchev–Trinajstić information content (AvgIpc) is 2.18. The van der Waals surface area contributed by atoms with Crippen molar-refractivity contribution < 1.29 is 9.18 Å². The monoisotopic (exact) mass is 257 g/mol. The van der Waals surface area contributed by atoms with E-state index < -0.39 is 5.95 Å². The van der Waals surface area contributed by atoms with Crippen molar-refractivity contribution in [3.8, 4) is 0 Å². The Hall–Kier alpha value is -1.03. The maximum Gasteiger partial charge on any atom is 0.224 e. The molecule has 0 N–H and O–H groups in total. The molecule has 0 spiro atoms. The number of hydrogen-bond acceptors (Lipinski definition) is 2. The Morgan fingerprint density at radius 3 is 3.00 bits per heavy atom. The first kappa shape index (κ1) is 11.0. The van der Waals surface area contributed by atoms with Crippen molar-refractivity contribution in [3.05, 3.63) is 35.4 Å². The van der Waals surface area contributed by atoms with Crippen molar-refractivity contribution in [2.45, 2.75) is 6.42 Å². The molecule has 0 saturated carbocycles. The summed E-state index contributed by atoms with van der Waals surface area (Å²) in [7, 11) is 0. The van der Waals surface area contributed by atoms with Gasteiger partial charge in [0, 0.05) is 11.5 Å². The summed E-state index contributed by atoms with van der Waals surface area (Å²) in [6.07, 6.45) is 6.25. The van der Waals surface area contributed by atoms with Crippen molar-refractivity contribution in [2.24, 2.45) is 0 Å². The number of carbonyl (C=O) groups excluding carboxylic acids is 1. The fourth-order valence-corrected chi connectivity index (χ4v) is 1.26. The number of carbonyl (C=O) groups is 1. The molecule has 1 aromatic rings. The van der Waals surface area contributed by atoms with Crippen molar-refractivity contribution >= 4 is 28.3 Å². The number of alkyl halides is 1. The second-order valence-electron chi connectivity index (χ2n) is 2.60. The van der Waals surface area contributed by atoms with Crippen LogP contribution >= 0.6 is 15.9 Å². The summed E-state index contributed by atoms with van der Waals surface area (Å²) in [6.45, 7) is 0. The Morgan fingerprint density at radius 2 is 2.36 bits per heavy atom. The highest BCUT2D eigenvalue weighted by Crippen LogP contribution is 2.11. The minimum absolute atomic E-state index is 0.0123. The zero-order valence-corrected chi connectivity index (χ0v) is 9.00. The molecule has 0 aliphatic carbocycles. The van der Waals surface area contributed by atoms with E-state index in [-0.39, 0.29) is 5.56 Å². The molecule has 0 fully saturated rings. The van der Waals surface area contributed by atoms with Crippen molar-refractivity contribution in [3.63, 3.8) is 0 Å². The number of nitrogens with zero attached hydrogens (tertiary/aromatic N) is 1. The first-order valence-electron chi connectivity index (χ1n) is 4.11. The Morgan fingerprint density at radius 1 is 1.57 bits per heavy atom. The summed E-state index contributed by atoms with van der Waals surface area (Å²) in [5.41, 5.74) is 0.576. The Bertz CT molecular complexity index is 352. The van der Waals surface area contributed by atoms with Gasteiger partial charge in [0.1, 0.15) is 0 Å². The highest BCUT2D eigenvalue weighted by Gasteiger charge is 2.05. The second kappa shape index (κ2) is 5.65. The van der Waals surface area contributed by atoms with Crippen LogP contribution in [0.1, 0.15) is 22.3 Å². The molecule has 0 aliphatic rings. The van der Waals surface area contributed by atoms with Gasteiger partial charge in [-0.2, -0.15) is 4.39 Å². The molecular weight excluding hydrogens is 249 g/mol. The highest BCUT2D eigenvalue weighted by atomic mass is 79.9. The van der Waals surface area contributed by atoms with Crippen LogP contribution in [0, 0.1) is 5.95 Å². The molecule has 0 bridgehead atoms. The zero-order chi connectivity index (χ0) is 10.4. The van der Waals surface area contributed by atoms with E-state index in [9.17, 15) is 9.18 Å². The summed E-state index contributed by atoms with van der Waals surface area (Å²) in [6, 6.07) is 1.61. The maximum absolute atomic E-state index is 13.0. The minimum atomic E-state index is -0.721. The van der Waals surface area contributed by atoms with Crippen LogP contribution < -0.4 is 0 Å². The van der Waals surface area contributed by atoms with Crippen molar-refractivity contribution in [1.82, 2.24) is 4.98 Å². The molecule has 0 aliphatic heterocycles. The highest BCUT2D eigenvalue weighted by molar-refractivity contribution is 9.09. The summed E-state index contributed by atoms with van der Waals surface area (Å²) >= 11 is 3.27. The minimum Gasteiger partial charge on any atom is -0.298 e. The summed E-state index contributed by atoms with van der Waals surface area (Å²) < 4.78 is 13.0. The lowest BCUT2D eigenvalue weighted by atomic mass is 10.1. The molecule has 2 nitrogen and oxygen atoms in total. The second-order valence-corrected chi connectivity index (χ2v) is 3.40. The smallest absolute Gasteiger partial charge is 0.224 e. The Balaban J connectivity index is 2.96. The molecule has 0 saturated heterocycles. The molecule has 1 rings (SSSR count). The topological polar surface area (TPSA) is 30.0 Å². The summed E-state index contributed by atoms with van der Waals surface area (Å²) in [4.78, 5) is 14.0. The van der Waals surface area contributed by atoms with E-state index in [1.54, 1.807) is 12.1 Å². The van der Waals surface area contributed by atoms with E-state index in [4.69, 9.17) is 0 Å². The van der Waals surface area contributed by atoms with Gasteiger partial charge in [-0.15, -0.1) is 0 Å². The van der Waals surface area contributed by atoms with Crippen LogP contribution in [0.4, 0.5) is 4.39 Å². The van der Waals surface area contributed by atoms with Gasteiger partial charge in [0.15, 0.2) is 6.29 Å². The fraction of sp³-hybridized carbons (Fsp3) is 0.200. The molecule has 14 heavy (non-hydrogen) atoms. The summed E-state index contributed by atoms with van der Waals surface area (Å²) in [5, 5.41) is 0.841. The Kier molecular flexibility index (Phi) is 4.46. The predicted octanol–water partition coefficient (Wildman–Crippen LogP) is 2.83. The van der Waals surface area contributed by atoms with E-state index in [2.05, 4.69) is 20.9 Å². The number of allylic oxidation sites excluding steroid dienone is 1. The number of aromatic nitrogens is 1. The number of hydrogen-bond donors (Lipinski definition) is 0. The van der Waals surface area contributed by atoms with Gasteiger partial charge in [0.25, 0.3) is 0 Å². The third-order valence-electron chi connectivity index (χ3n) is 1.67. The van der Waals surface area contributed by atoms with Gasteiger partial charge in [0.2, 0.25) is 5.95 Å². The molecule has 0 aromatic carbocycles. The largest absolute Gasteiger partial charge is 0.298 e. The lowest BCUT2D eigenvalue weighted by Crippen LogP contribution is -1.94. The van der Waals surface area contributed by atoms with Gasteiger partial charge in [-0.25, -0.2) is 4.98 Å². The van der Waals surface area contributed by atoms with Crippen LogP contribution in [0.25, 0.3) is 6.08 Å². The number of aldehydes is 1. The van der Waals surface area contributed by atoms with Crippen LogP contribution in [-0.2, 0) is 0 Å². The van der Waals surface area contributed by atoms with Crippen LogP contribution in [0.5, 0.6) is 0 Å². The van der Waals surface area contributed by atoms with E-state index in [0.717, 1.165) is 11.8 Å². The van der Waals surface area contributed by atoms with E-state index >= 15 is 0 Å². The maximum atomic E-state index is 13.0. The predicted molar refractivity (Wildman–Crippen MR) is 57.0 cm³/mol. The molecule has 4 heteroatoms. The van der Waals surface area contributed by atoms with Gasteiger partial charge in [-0.05, 0) is 18.1 Å². The first-order chi connectivity index (χ1) is 6.79.